The van der Waals surface area contributed by atoms with Gasteiger partial charge in [0.15, 0.2) is 0 Å². The van der Waals surface area contributed by atoms with E-state index >= 15 is 0 Å². The van der Waals surface area contributed by atoms with Gasteiger partial charge in [-0.3, -0.25) is 19.3 Å². The van der Waals surface area contributed by atoms with E-state index in [0.29, 0.717) is 12.8 Å². The molecule has 2 atom stereocenters. The van der Waals surface area contributed by atoms with Crippen LogP contribution in [-0.4, -0.2) is 41.8 Å². The van der Waals surface area contributed by atoms with Crippen molar-refractivity contribution in [1.29, 1.82) is 5.26 Å². The van der Waals surface area contributed by atoms with Crippen molar-refractivity contribution in [3.05, 3.63) is 16.0 Å². The third kappa shape index (κ3) is 4.16. The van der Waals surface area contributed by atoms with Gasteiger partial charge in [0.2, 0.25) is 11.8 Å². The minimum atomic E-state index is -0.644. The summed E-state index contributed by atoms with van der Waals surface area (Å²) in [4.78, 5) is 50.5. The lowest BCUT2D eigenvalue weighted by molar-refractivity contribution is -0.146. The average Bonchev–Trinajstić information content (AvgIpc) is 3.19. The Morgan fingerprint density at radius 3 is 2.40 bits per heavy atom. The molecule has 1 saturated heterocycles. The Labute approximate surface area is 177 Å². The SMILES string of the molecule is CCOC(=O)c1sc(N)c(C#N)c1COC(=O)CCN1C(=O)[C@H]2CCCC[C@H]2C1=O. The Kier molecular flexibility index (Phi) is 6.72. The number of nitrogen functional groups attached to an aromatic ring is 1. The number of amides is 2. The van der Waals surface area contributed by atoms with E-state index in [-0.39, 0.29) is 70.8 Å². The molecule has 0 unspecified atom stereocenters. The zero-order valence-electron chi connectivity index (χ0n) is 16.6. The van der Waals surface area contributed by atoms with E-state index in [0.717, 1.165) is 29.1 Å². The largest absolute Gasteiger partial charge is 0.462 e. The highest BCUT2D eigenvalue weighted by Gasteiger charge is 2.47. The highest BCUT2D eigenvalue weighted by atomic mass is 32.1. The summed E-state index contributed by atoms with van der Waals surface area (Å²) in [6, 6.07) is 1.91. The van der Waals surface area contributed by atoms with Crippen molar-refractivity contribution in [2.75, 3.05) is 18.9 Å². The van der Waals surface area contributed by atoms with Crippen LogP contribution in [0.1, 0.15) is 59.8 Å². The van der Waals surface area contributed by atoms with E-state index in [1.807, 2.05) is 6.07 Å². The summed E-state index contributed by atoms with van der Waals surface area (Å²) in [7, 11) is 0. The minimum Gasteiger partial charge on any atom is -0.462 e. The number of esters is 2. The zero-order valence-corrected chi connectivity index (χ0v) is 17.5. The van der Waals surface area contributed by atoms with Gasteiger partial charge in [0.25, 0.3) is 0 Å². The van der Waals surface area contributed by atoms with Gasteiger partial charge in [-0.15, -0.1) is 11.3 Å². The first kappa shape index (κ1) is 21.8. The van der Waals surface area contributed by atoms with Crippen LogP contribution >= 0.6 is 11.3 Å². The number of anilines is 1. The quantitative estimate of drug-likeness (QED) is 0.508. The van der Waals surface area contributed by atoms with Crippen LogP contribution in [0.15, 0.2) is 0 Å². The predicted octanol–water partition coefficient (Wildman–Crippen LogP) is 1.99. The van der Waals surface area contributed by atoms with E-state index in [2.05, 4.69) is 0 Å². The maximum absolute atomic E-state index is 12.5. The van der Waals surface area contributed by atoms with E-state index in [9.17, 15) is 24.4 Å². The maximum Gasteiger partial charge on any atom is 0.348 e. The number of hydrogen-bond acceptors (Lipinski definition) is 9. The van der Waals surface area contributed by atoms with Gasteiger partial charge in [-0.2, -0.15) is 5.26 Å². The number of nitriles is 1. The van der Waals surface area contributed by atoms with Crippen molar-refractivity contribution in [2.24, 2.45) is 11.8 Å². The molecule has 2 N–H and O–H groups in total. The molecule has 0 aromatic carbocycles. The summed E-state index contributed by atoms with van der Waals surface area (Å²) in [6.07, 6.45) is 3.13. The van der Waals surface area contributed by atoms with E-state index in [1.165, 1.54) is 0 Å². The van der Waals surface area contributed by atoms with Gasteiger partial charge in [0, 0.05) is 12.1 Å². The van der Waals surface area contributed by atoms with Gasteiger partial charge < -0.3 is 15.2 Å². The summed E-state index contributed by atoms with van der Waals surface area (Å²) >= 11 is 0.903. The molecule has 2 aliphatic rings. The molecule has 1 aromatic rings. The van der Waals surface area contributed by atoms with Crippen LogP contribution in [0.3, 0.4) is 0 Å². The number of fused-ring (bicyclic) bond motifs is 1. The first-order chi connectivity index (χ1) is 14.4. The fourth-order valence-electron chi connectivity index (χ4n) is 3.99. The molecule has 1 aromatic heterocycles. The smallest absolute Gasteiger partial charge is 0.348 e. The Morgan fingerprint density at radius 2 is 1.83 bits per heavy atom. The molecule has 3 rings (SSSR count). The van der Waals surface area contributed by atoms with Gasteiger partial charge in [-0.1, -0.05) is 12.8 Å². The summed E-state index contributed by atoms with van der Waals surface area (Å²) in [5.41, 5.74) is 6.06. The molecule has 1 aliphatic heterocycles. The van der Waals surface area contributed by atoms with Crippen molar-refractivity contribution < 1.29 is 28.7 Å². The molecule has 30 heavy (non-hydrogen) atoms. The first-order valence-corrected chi connectivity index (χ1v) is 10.7. The summed E-state index contributed by atoms with van der Waals surface area (Å²) in [5, 5.41) is 9.44. The van der Waals surface area contributed by atoms with Crippen molar-refractivity contribution >= 4 is 40.1 Å². The van der Waals surface area contributed by atoms with Gasteiger partial charge in [0.05, 0.1) is 30.4 Å². The normalized spacial score (nSPS) is 20.6. The predicted molar refractivity (Wildman–Crippen MR) is 106 cm³/mol. The van der Waals surface area contributed by atoms with E-state index < -0.39 is 11.9 Å². The molecule has 160 valence electrons. The number of nitrogens with zero attached hydrogens (tertiary/aromatic N) is 2. The van der Waals surface area contributed by atoms with Gasteiger partial charge in [-0.25, -0.2) is 4.79 Å². The minimum absolute atomic E-state index is 0.0366. The number of rotatable bonds is 7. The molecule has 9 nitrogen and oxygen atoms in total. The van der Waals surface area contributed by atoms with E-state index in [4.69, 9.17) is 15.2 Å². The monoisotopic (exact) mass is 433 g/mol. The molecule has 1 aliphatic carbocycles. The van der Waals surface area contributed by atoms with Crippen LogP contribution in [0.5, 0.6) is 0 Å². The van der Waals surface area contributed by atoms with Crippen LogP contribution in [0, 0.1) is 23.2 Å². The number of carbonyl (C=O) groups excluding carboxylic acids is 4. The van der Waals surface area contributed by atoms with Crippen molar-refractivity contribution in [3.8, 4) is 6.07 Å². The molecule has 0 bridgehead atoms. The molecule has 10 heteroatoms. The van der Waals surface area contributed by atoms with Crippen molar-refractivity contribution in [3.63, 3.8) is 0 Å². The summed E-state index contributed by atoms with van der Waals surface area (Å²) in [5.74, 6) is -2.23. The highest BCUT2D eigenvalue weighted by molar-refractivity contribution is 7.18. The van der Waals surface area contributed by atoms with Gasteiger partial charge in [-0.05, 0) is 19.8 Å². The fourth-order valence-corrected chi connectivity index (χ4v) is 4.90. The average molecular weight is 433 g/mol. The topological polar surface area (TPSA) is 140 Å². The van der Waals surface area contributed by atoms with Crippen LogP contribution in [0.2, 0.25) is 0 Å². The summed E-state index contributed by atoms with van der Waals surface area (Å²) < 4.78 is 10.2. The number of likely N-dealkylation sites (tertiary alicyclic amines) is 1. The second kappa shape index (κ2) is 9.26. The van der Waals surface area contributed by atoms with Crippen LogP contribution in [0.25, 0.3) is 0 Å². The zero-order chi connectivity index (χ0) is 21.8. The molecule has 2 fully saturated rings. The Hall–Kier alpha value is -2.93. The highest BCUT2D eigenvalue weighted by Crippen LogP contribution is 2.38. The number of hydrogen-bond donors (Lipinski definition) is 1. The standard InChI is InChI=1S/C20H23N3O6S/c1-2-28-20(27)16-14(13(9-21)17(22)30-16)10-29-15(24)7-8-23-18(25)11-5-3-4-6-12(11)19(23)26/h11-12H,2-8,10,22H2,1H3/t11-,12+. The van der Waals surface area contributed by atoms with E-state index in [1.54, 1.807) is 6.92 Å². The molecular weight excluding hydrogens is 410 g/mol. The molecular formula is C20H23N3O6S. The van der Waals surface area contributed by atoms with Gasteiger partial charge >= 0.3 is 11.9 Å². The number of imide groups is 1. The number of carbonyl (C=O) groups is 4. The molecule has 2 amide bonds. The molecule has 0 radical (unpaired) electrons. The maximum atomic E-state index is 12.5. The Bertz CT molecular complexity index is 894. The second-order valence-electron chi connectivity index (χ2n) is 7.22. The number of thiophene rings is 1. The fraction of sp³-hybridized carbons (Fsp3) is 0.550. The van der Waals surface area contributed by atoms with Crippen LogP contribution in [-0.2, 0) is 30.5 Å². The lowest BCUT2D eigenvalue weighted by Gasteiger charge is -2.19. The molecule has 2 heterocycles. The Morgan fingerprint density at radius 1 is 1.20 bits per heavy atom. The Balaban J connectivity index is 1.60. The van der Waals surface area contributed by atoms with Crippen LogP contribution in [0.4, 0.5) is 5.00 Å². The van der Waals surface area contributed by atoms with Crippen LogP contribution < -0.4 is 5.73 Å². The summed E-state index contributed by atoms with van der Waals surface area (Å²) in [6.45, 7) is 1.44. The third-order valence-corrected chi connectivity index (χ3v) is 6.50. The van der Waals surface area contributed by atoms with Crippen molar-refractivity contribution in [1.82, 2.24) is 4.90 Å². The lowest BCUT2D eigenvalue weighted by atomic mass is 9.81. The molecule has 0 spiro atoms. The molecule has 1 saturated carbocycles. The van der Waals surface area contributed by atoms with Crippen molar-refractivity contribution in [2.45, 2.75) is 45.6 Å². The number of ether oxygens (including phenoxy) is 2. The third-order valence-electron chi connectivity index (χ3n) is 5.46. The van der Waals surface area contributed by atoms with Gasteiger partial charge in [0.1, 0.15) is 22.6 Å². The number of nitrogens with two attached hydrogens (primary N) is 1. The first-order valence-electron chi connectivity index (χ1n) is 9.88. The second-order valence-corrected chi connectivity index (χ2v) is 8.27. The lowest BCUT2D eigenvalue weighted by Crippen LogP contribution is -2.33.